The summed E-state index contributed by atoms with van der Waals surface area (Å²) in [5.41, 5.74) is 5.49. The molecule has 32 heavy (non-hydrogen) atoms. The molecule has 3 aromatic carbocycles. The molecule has 0 radical (unpaired) electrons. The molecule has 3 aromatic rings. The second-order valence-corrected chi connectivity index (χ2v) is 10.1. The molecular formula is C26H30N2O3S. The number of amides is 1. The standard InChI is InChI=1S/C26H30N2O3S/c1-20-9-11-22(12-10-20)7-5-17-27-26(29)24-15-13-23(14-16-24)19-28(32(3,30)31)25-8-4-6-21(2)18-25/h4,6,8-16,18H,5,7,17,19H2,1-3H3,(H,27,29). The third-order valence-corrected chi connectivity index (χ3v) is 6.42. The third-order valence-electron chi connectivity index (χ3n) is 5.28. The molecule has 0 spiro atoms. The number of anilines is 1. The number of carbonyl (C=O) groups is 1. The van der Waals surface area contributed by atoms with Crippen molar-refractivity contribution in [1.29, 1.82) is 0 Å². The Labute approximate surface area is 191 Å². The van der Waals surface area contributed by atoms with Crippen LogP contribution in [0.25, 0.3) is 0 Å². The Kier molecular flexibility index (Phi) is 7.70. The van der Waals surface area contributed by atoms with Crippen molar-refractivity contribution in [2.75, 3.05) is 17.1 Å². The van der Waals surface area contributed by atoms with E-state index < -0.39 is 10.0 Å². The number of nitrogens with zero attached hydrogens (tertiary/aromatic N) is 1. The lowest BCUT2D eigenvalue weighted by atomic mass is 10.1. The van der Waals surface area contributed by atoms with Crippen molar-refractivity contribution in [2.24, 2.45) is 0 Å². The minimum Gasteiger partial charge on any atom is -0.352 e. The first-order chi connectivity index (χ1) is 15.2. The van der Waals surface area contributed by atoms with Gasteiger partial charge in [-0.05, 0) is 67.6 Å². The van der Waals surface area contributed by atoms with Crippen LogP contribution in [0.4, 0.5) is 5.69 Å². The van der Waals surface area contributed by atoms with E-state index in [0.29, 0.717) is 17.8 Å². The molecule has 0 unspecified atom stereocenters. The molecule has 0 heterocycles. The van der Waals surface area contributed by atoms with E-state index in [-0.39, 0.29) is 12.5 Å². The number of hydrogen-bond acceptors (Lipinski definition) is 3. The molecule has 0 saturated carbocycles. The van der Waals surface area contributed by atoms with Crippen molar-refractivity contribution in [1.82, 2.24) is 5.32 Å². The Hall–Kier alpha value is -3.12. The second-order valence-electron chi connectivity index (χ2n) is 8.15. The summed E-state index contributed by atoms with van der Waals surface area (Å²) in [4.78, 5) is 12.4. The van der Waals surface area contributed by atoms with Crippen molar-refractivity contribution >= 4 is 21.6 Å². The van der Waals surface area contributed by atoms with E-state index in [1.807, 2.05) is 25.1 Å². The van der Waals surface area contributed by atoms with Gasteiger partial charge < -0.3 is 5.32 Å². The van der Waals surface area contributed by atoms with Crippen LogP contribution in [-0.2, 0) is 23.0 Å². The summed E-state index contributed by atoms with van der Waals surface area (Å²) in [6.45, 7) is 4.80. The number of rotatable bonds is 9. The Morgan fingerprint density at radius 1 is 0.875 bits per heavy atom. The monoisotopic (exact) mass is 450 g/mol. The van der Waals surface area contributed by atoms with Crippen LogP contribution in [0, 0.1) is 13.8 Å². The summed E-state index contributed by atoms with van der Waals surface area (Å²) in [5.74, 6) is -0.126. The fraction of sp³-hybridized carbons (Fsp3) is 0.269. The lowest BCUT2D eigenvalue weighted by Gasteiger charge is -2.23. The molecule has 0 saturated heterocycles. The fourth-order valence-corrected chi connectivity index (χ4v) is 4.34. The van der Waals surface area contributed by atoms with Gasteiger partial charge in [0.2, 0.25) is 10.0 Å². The smallest absolute Gasteiger partial charge is 0.251 e. The summed E-state index contributed by atoms with van der Waals surface area (Å²) >= 11 is 0. The van der Waals surface area contributed by atoms with Gasteiger partial charge in [0.1, 0.15) is 0 Å². The Bertz CT molecular complexity index is 1150. The van der Waals surface area contributed by atoms with Crippen LogP contribution in [0.5, 0.6) is 0 Å². The average Bonchev–Trinajstić information content (AvgIpc) is 2.76. The van der Waals surface area contributed by atoms with Gasteiger partial charge in [-0.3, -0.25) is 9.10 Å². The number of nitrogens with one attached hydrogen (secondary N) is 1. The van der Waals surface area contributed by atoms with Crippen LogP contribution in [0.1, 0.15) is 39.0 Å². The largest absolute Gasteiger partial charge is 0.352 e. The Balaban J connectivity index is 1.57. The average molecular weight is 451 g/mol. The molecule has 0 bridgehead atoms. The highest BCUT2D eigenvalue weighted by molar-refractivity contribution is 7.92. The van der Waals surface area contributed by atoms with Crippen LogP contribution in [0.3, 0.4) is 0 Å². The quantitative estimate of drug-likeness (QED) is 0.483. The van der Waals surface area contributed by atoms with Gasteiger partial charge in [-0.1, -0.05) is 54.1 Å². The van der Waals surface area contributed by atoms with Gasteiger partial charge in [-0.2, -0.15) is 0 Å². The maximum absolute atomic E-state index is 12.4. The van der Waals surface area contributed by atoms with Crippen LogP contribution in [-0.4, -0.2) is 27.1 Å². The zero-order valence-corrected chi connectivity index (χ0v) is 19.7. The van der Waals surface area contributed by atoms with E-state index in [9.17, 15) is 13.2 Å². The topological polar surface area (TPSA) is 66.5 Å². The SMILES string of the molecule is Cc1ccc(CCCNC(=O)c2ccc(CN(c3cccc(C)c3)S(C)(=O)=O)cc2)cc1. The van der Waals surface area contributed by atoms with Gasteiger partial charge in [-0.15, -0.1) is 0 Å². The summed E-state index contributed by atoms with van der Waals surface area (Å²) in [6, 6.07) is 22.9. The van der Waals surface area contributed by atoms with Gasteiger partial charge in [0, 0.05) is 12.1 Å². The summed E-state index contributed by atoms with van der Waals surface area (Å²) in [6.07, 6.45) is 2.99. The molecule has 0 aliphatic carbocycles. The highest BCUT2D eigenvalue weighted by Crippen LogP contribution is 2.22. The van der Waals surface area contributed by atoms with E-state index in [4.69, 9.17) is 0 Å². The first-order valence-electron chi connectivity index (χ1n) is 10.7. The normalized spacial score (nSPS) is 11.2. The van der Waals surface area contributed by atoms with Crippen LogP contribution < -0.4 is 9.62 Å². The van der Waals surface area contributed by atoms with Crippen molar-refractivity contribution in [3.8, 4) is 0 Å². The molecule has 0 aromatic heterocycles. The van der Waals surface area contributed by atoms with E-state index in [1.54, 1.807) is 30.3 Å². The zero-order chi connectivity index (χ0) is 23.1. The molecule has 0 aliphatic heterocycles. The molecule has 168 valence electrons. The van der Waals surface area contributed by atoms with Crippen molar-refractivity contribution in [2.45, 2.75) is 33.2 Å². The first kappa shape index (κ1) is 23.5. The number of benzene rings is 3. The second kappa shape index (κ2) is 10.5. The molecule has 5 nitrogen and oxygen atoms in total. The maximum atomic E-state index is 12.4. The molecule has 1 amide bonds. The number of carbonyl (C=O) groups excluding carboxylic acids is 1. The molecule has 0 atom stereocenters. The van der Waals surface area contributed by atoms with Gasteiger partial charge in [0.25, 0.3) is 5.91 Å². The predicted molar refractivity (Wildman–Crippen MR) is 130 cm³/mol. The maximum Gasteiger partial charge on any atom is 0.251 e. The van der Waals surface area contributed by atoms with Crippen LogP contribution in [0.2, 0.25) is 0 Å². The Morgan fingerprint density at radius 3 is 2.16 bits per heavy atom. The van der Waals surface area contributed by atoms with Crippen molar-refractivity contribution < 1.29 is 13.2 Å². The third kappa shape index (κ3) is 6.69. The van der Waals surface area contributed by atoms with Crippen LogP contribution in [0.15, 0.2) is 72.8 Å². The number of aryl methyl sites for hydroxylation is 3. The van der Waals surface area contributed by atoms with Gasteiger partial charge in [-0.25, -0.2) is 8.42 Å². The summed E-state index contributed by atoms with van der Waals surface area (Å²) in [7, 11) is -3.45. The summed E-state index contributed by atoms with van der Waals surface area (Å²) < 4.78 is 26.1. The number of hydrogen-bond donors (Lipinski definition) is 1. The zero-order valence-electron chi connectivity index (χ0n) is 18.8. The van der Waals surface area contributed by atoms with Crippen molar-refractivity contribution in [3.63, 3.8) is 0 Å². The van der Waals surface area contributed by atoms with E-state index in [2.05, 4.69) is 36.5 Å². The van der Waals surface area contributed by atoms with E-state index >= 15 is 0 Å². The van der Waals surface area contributed by atoms with E-state index in [1.165, 1.54) is 21.7 Å². The Morgan fingerprint density at radius 2 is 1.53 bits per heavy atom. The lowest BCUT2D eigenvalue weighted by Crippen LogP contribution is -2.29. The minimum absolute atomic E-state index is 0.126. The molecule has 1 N–H and O–H groups in total. The lowest BCUT2D eigenvalue weighted by molar-refractivity contribution is 0.0953. The van der Waals surface area contributed by atoms with Gasteiger partial charge in [0.05, 0.1) is 18.5 Å². The van der Waals surface area contributed by atoms with Crippen LogP contribution >= 0.6 is 0 Å². The first-order valence-corrected chi connectivity index (χ1v) is 12.5. The molecule has 3 rings (SSSR count). The van der Waals surface area contributed by atoms with Gasteiger partial charge in [0.15, 0.2) is 0 Å². The van der Waals surface area contributed by atoms with E-state index in [0.717, 1.165) is 24.0 Å². The highest BCUT2D eigenvalue weighted by Gasteiger charge is 2.18. The molecule has 6 heteroatoms. The summed E-state index contributed by atoms with van der Waals surface area (Å²) in [5, 5.41) is 2.95. The molecular weight excluding hydrogens is 420 g/mol. The van der Waals surface area contributed by atoms with Crippen molar-refractivity contribution in [3.05, 3.63) is 101 Å². The fourth-order valence-electron chi connectivity index (χ4n) is 3.46. The molecule has 0 aliphatic rings. The minimum atomic E-state index is -3.45. The predicted octanol–water partition coefficient (Wildman–Crippen LogP) is 4.63. The van der Waals surface area contributed by atoms with Gasteiger partial charge >= 0.3 is 0 Å². The highest BCUT2D eigenvalue weighted by atomic mass is 32.2. The number of sulfonamides is 1. The molecule has 0 fully saturated rings.